The number of nitrogens with zero attached hydrogens (tertiary/aromatic N) is 6. The van der Waals surface area contributed by atoms with Crippen LogP contribution in [0, 0.1) is 6.92 Å². The zero-order valence-electron chi connectivity index (χ0n) is 17.5. The van der Waals surface area contributed by atoms with Gasteiger partial charge in [0.2, 0.25) is 5.95 Å². The first-order chi connectivity index (χ1) is 15.0. The van der Waals surface area contributed by atoms with E-state index in [4.69, 9.17) is 14.7 Å². The van der Waals surface area contributed by atoms with Crippen molar-refractivity contribution in [2.75, 3.05) is 30.4 Å². The Morgan fingerprint density at radius 2 is 2.13 bits per heavy atom. The number of nitrogens with one attached hydrogen (secondary N) is 1. The number of benzene rings is 1. The molecule has 0 aliphatic carbocycles. The topological polar surface area (TPSA) is 97.5 Å². The van der Waals surface area contributed by atoms with E-state index < -0.39 is 0 Å². The molecule has 0 unspecified atom stereocenters. The maximum absolute atomic E-state index is 12.1. The monoisotopic (exact) mass is 415 g/mol. The molecule has 4 heterocycles. The van der Waals surface area contributed by atoms with E-state index in [0.717, 1.165) is 46.1 Å². The van der Waals surface area contributed by atoms with E-state index in [1.807, 2.05) is 38.4 Å². The summed E-state index contributed by atoms with van der Waals surface area (Å²) in [6.45, 7) is 3.43. The Morgan fingerprint density at radius 3 is 2.90 bits per heavy atom. The van der Waals surface area contributed by atoms with E-state index in [2.05, 4.69) is 20.3 Å². The van der Waals surface area contributed by atoms with Crippen LogP contribution in [0.15, 0.2) is 41.8 Å². The summed E-state index contributed by atoms with van der Waals surface area (Å²) in [6, 6.07) is 5.56. The SMILES string of the molecule is COC(=O)c1ccc(C)c(C2=Cc3cnc(Nc4cnn(C)c4)nc3N3CCN=C23)c1. The lowest BCUT2D eigenvalue weighted by Gasteiger charge is -2.28. The Morgan fingerprint density at radius 1 is 1.26 bits per heavy atom. The molecule has 1 aromatic carbocycles. The number of hydrogen-bond donors (Lipinski definition) is 1. The van der Waals surface area contributed by atoms with Gasteiger partial charge in [-0.1, -0.05) is 6.07 Å². The largest absolute Gasteiger partial charge is 0.465 e. The van der Waals surface area contributed by atoms with E-state index in [9.17, 15) is 4.79 Å². The zero-order chi connectivity index (χ0) is 21.5. The zero-order valence-corrected chi connectivity index (χ0v) is 17.5. The summed E-state index contributed by atoms with van der Waals surface area (Å²) in [5.41, 5.74) is 5.16. The summed E-state index contributed by atoms with van der Waals surface area (Å²) >= 11 is 0. The van der Waals surface area contributed by atoms with Gasteiger partial charge in [0.25, 0.3) is 0 Å². The fourth-order valence-electron chi connectivity index (χ4n) is 3.83. The fraction of sp³-hybridized carbons (Fsp3) is 0.227. The summed E-state index contributed by atoms with van der Waals surface area (Å²) in [7, 11) is 3.24. The number of ether oxygens (including phenoxy) is 1. The highest BCUT2D eigenvalue weighted by Crippen LogP contribution is 2.36. The van der Waals surface area contributed by atoms with Crippen molar-refractivity contribution in [3.8, 4) is 0 Å². The lowest BCUT2D eigenvalue weighted by molar-refractivity contribution is 0.0600. The molecule has 31 heavy (non-hydrogen) atoms. The van der Waals surface area contributed by atoms with Crippen LogP contribution in [0.25, 0.3) is 11.6 Å². The van der Waals surface area contributed by atoms with Crippen molar-refractivity contribution in [2.24, 2.45) is 12.0 Å². The molecule has 0 saturated carbocycles. The molecule has 2 aliphatic rings. The van der Waals surface area contributed by atoms with E-state index in [0.29, 0.717) is 18.1 Å². The van der Waals surface area contributed by atoms with E-state index >= 15 is 0 Å². The molecule has 156 valence electrons. The number of aromatic nitrogens is 4. The molecule has 0 bridgehead atoms. The molecular weight excluding hydrogens is 394 g/mol. The molecule has 1 N–H and O–H groups in total. The molecular formula is C22H21N7O2. The van der Waals surface area contributed by atoms with Crippen molar-refractivity contribution < 1.29 is 9.53 Å². The first-order valence-electron chi connectivity index (χ1n) is 9.89. The summed E-state index contributed by atoms with van der Waals surface area (Å²) in [6.07, 6.45) is 7.42. The van der Waals surface area contributed by atoms with Crippen molar-refractivity contribution in [3.63, 3.8) is 0 Å². The minimum Gasteiger partial charge on any atom is -0.465 e. The number of carbonyl (C=O) groups excluding carboxylic acids is 1. The number of rotatable bonds is 4. The third-order valence-electron chi connectivity index (χ3n) is 5.34. The minimum absolute atomic E-state index is 0.363. The minimum atomic E-state index is -0.363. The van der Waals surface area contributed by atoms with Crippen LogP contribution in [0.3, 0.4) is 0 Å². The second-order valence-corrected chi connectivity index (χ2v) is 7.44. The van der Waals surface area contributed by atoms with Crippen LogP contribution in [0.1, 0.15) is 27.0 Å². The highest BCUT2D eigenvalue weighted by Gasteiger charge is 2.31. The molecule has 0 amide bonds. The number of amidine groups is 1. The number of esters is 1. The molecule has 9 nitrogen and oxygen atoms in total. The Bertz CT molecular complexity index is 1260. The predicted octanol–water partition coefficient (Wildman–Crippen LogP) is 2.82. The van der Waals surface area contributed by atoms with Crippen LogP contribution < -0.4 is 10.2 Å². The Labute approximate surface area is 179 Å². The fourth-order valence-corrected chi connectivity index (χ4v) is 3.83. The van der Waals surface area contributed by atoms with E-state index in [1.54, 1.807) is 23.1 Å². The number of carbonyl (C=O) groups is 1. The predicted molar refractivity (Wildman–Crippen MR) is 119 cm³/mol. The average Bonchev–Trinajstić information content (AvgIpc) is 3.42. The average molecular weight is 415 g/mol. The maximum Gasteiger partial charge on any atom is 0.337 e. The molecule has 9 heteroatoms. The maximum atomic E-state index is 12.1. The van der Waals surface area contributed by atoms with Gasteiger partial charge in [-0.25, -0.2) is 9.78 Å². The number of anilines is 3. The van der Waals surface area contributed by atoms with Gasteiger partial charge in [0.1, 0.15) is 11.7 Å². The van der Waals surface area contributed by atoms with Crippen LogP contribution in [-0.2, 0) is 11.8 Å². The third-order valence-corrected chi connectivity index (χ3v) is 5.34. The molecule has 0 spiro atoms. The van der Waals surface area contributed by atoms with Crippen molar-refractivity contribution in [2.45, 2.75) is 6.92 Å². The number of aryl methyl sites for hydroxylation is 2. The third kappa shape index (κ3) is 3.33. The van der Waals surface area contributed by atoms with E-state index in [-0.39, 0.29) is 5.97 Å². The molecule has 0 atom stereocenters. The summed E-state index contributed by atoms with van der Waals surface area (Å²) in [4.78, 5) is 28.1. The van der Waals surface area contributed by atoms with Crippen LogP contribution in [-0.4, -0.2) is 51.8 Å². The smallest absolute Gasteiger partial charge is 0.337 e. The highest BCUT2D eigenvalue weighted by atomic mass is 16.5. The molecule has 0 radical (unpaired) electrons. The molecule has 3 aromatic rings. The summed E-state index contributed by atoms with van der Waals surface area (Å²) < 4.78 is 6.61. The van der Waals surface area contributed by atoms with Gasteiger partial charge in [-0.3, -0.25) is 9.67 Å². The van der Waals surface area contributed by atoms with Crippen molar-refractivity contribution in [1.82, 2.24) is 19.7 Å². The molecule has 0 saturated heterocycles. The van der Waals surface area contributed by atoms with Gasteiger partial charge in [-0.2, -0.15) is 10.1 Å². The Hall–Kier alpha value is -4.01. The Balaban J connectivity index is 1.57. The van der Waals surface area contributed by atoms with Gasteiger partial charge in [-0.05, 0) is 36.3 Å². The van der Waals surface area contributed by atoms with Crippen LogP contribution in [0.2, 0.25) is 0 Å². The van der Waals surface area contributed by atoms with Crippen LogP contribution in [0.5, 0.6) is 0 Å². The van der Waals surface area contributed by atoms with Crippen LogP contribution >= 0.6 is 0 Å². The van der Waals surface area contributed by atoms with Crippen LogP contribution in [0.4, 0.5) is 17.5 Å². The second kappa shape index (κ2) is 7.35. The van der Waals surface area contributed by atoms with Gasteiger partial charge in [0, 0.05) is 37.1 Å². The number of methoxy groups -OCH3 is 1. The standard InChI is InChI=1S/C22H21N7O2/c1-13-4-5-14(21(30)31-3)8-17(13)18-9-15-10-24-22(26-16-11-25-28(2)12-16)27-19(15)29-7-6-23-20(18)29/h4-5,8-12H,6-7H2,1-3H3,(H,24,26,27). The number of fused-ring (bicyclic) bond motifs is 3. The molecule has 2 aromatic heterocycles. The number of aliphatic imine (C=N–C) groups is 1. The van der Waals surface area contributed by atoms with Gasteiger partial charge in [0.05, 0.1) is 31.1 Å². The van der Waals surface area contributed by atoms with Gasteiger partial charge >= 0.3 is 5.97 Å². The first kappa shape index (κ1) is 19.0. The van der Waals surface area contributed by atoms with Gasteiger partial charge in [0.15, 0.2) is 0 Å². The van der Waals surface area contributed by atoms with Crippen molar-refractivity contribution in [3.05, 3.63) is 59.0 Å². The van der Waals surface area contributed by atoms with Crippen molar-refractivity contribution >= 4 is 40.9 Å². The number of hydrogen-bond acceptors (Lipinski definition) is 8. The van der Waals surface area contributed by atoms with Gasteiger partial charge in [-0.15, -0.1) is 0 Å². The highest BCUT2D eigenvalue weighted by molar-refractivity contribution is 6.36. The van der Waals surface area contributed by atoms with Gasteiger partial charge < -0.3 is 15.0 Å². The first-order valence-corrected chi connectivity index (χ1v) is 9.89. The summed E-state index contributed by atoms with van der Waals surface area (Å²) in [5, 5.41) is 7.35. The normalized spacial score (nSPS) is 14.5. The molecule has 5 rings (SSSR count). The molecule has 2 aliphatic heterocycles. The van der Waals surface area contributed by atoms with E-state index in [1.165, 1.54) is 7.11 Å². The quantitative estimate of drug-likeness (QED) is 0.655. The second-order valence-electron chi connectivity index (χ2n) is 7.44. The lowest BCUT2D eigenvalue weighted by Crippen LogP contribution is -2.32. The summed E-state index contributed by atoms with van der Waals surface area (Å²) in [5.74, 6) is 1.79. The van der Waals surface area contributed by atoms with Crippen molar-refractivity contribution in [1.29, 1.82) is 0 Å². The Kier molecular flexibility index (Phi) is 4.50. The lowest BCUT2D eigenvalue weighted by atomic mass is 9.93. The molecule has 0 fully saturated rings.